The van der Waals surface area contributed by atoms with E-state index >= 15 is 0 Å². The van der Waals surface area contributed by atoms with Gasteiger partial charge in [0.2, 0.25) is 0 Å². The van der Waals surface area contributed by atoms with Gasteiger partial charge in [0.15, 0.2) is 0 Å². The van der Waals surface area contributed by atoms with E-state index in [2.05, 4.69) is 13.0 Å². The highest BCUT2D eigenvalue weighted by Gasteiger charge is 2.42. The summed E-state index contributed by atoms with van der Waals surface area (Å²) in [5, 5.41) is 39.1. The smallest absolute Gasteiger partial charge is 0.308 e. The Morgan fingerprint density at radius 2 is 1.97 bits per heavy atom. The zero-order valence-electron chi connectivity index (χ0n) is 18.1. The van der Waals surface area contributed by atoms with Gasteiger partial charge in [0.05, 0.1) is 30.7 Å². The van der Waals surface area contributed by atoms with Crippen LogP contribution in [0.15, 0.2) is 23.8 Å². The standard InChI is InChI=1S/C23H36O7/c1-4-13(2)23(29)30-20-11-17(25)9-15-6-5-14(3)19(22(15)20)8-7-16(24)10-18(26)12-21(27)28/h5-6,9,13-14,16-20,22,24-26H,4,7-8,10-12H2,1-3H3,(H,27,28)/t13?,14-,16+,17-,18+,19-,20-,22-/m0/s1. The van der Waals surface area contributed by atoms with Gasteiger partial charge in [-0.1, -0.05) is 39.0 Å². The number of esters is 1. The summed E-state index contributed by atoms with van der Waals surface area (Å²) in [7, 11) is 0. The van der Waals surface area contributed by atoms with Crippen molar-refractivity contribution < 1.29 is 34.8 Å². The zero-order valence-corrected chi connectivity index (χ0v) is 18.1. The Morgan fingerprint density at radius 1 is 1.27 bits per heavy atom. The van der Waals surface area contributed by atoms with Crippen molar-refractivity contribution in [2.24, 2.45) is 23.7 Å². The molecule has 0 saturated carbocycles. The first-order valence-electron chi connectivity index (χ1n) is 11.0. The van der Waals surface area contributed by atoms with Gasteiger partial charge in [-0.05, 0) is 43.1 Å². The molecule has 2 aliphatic rings. The zero-order chi connectivity index (χ0) is 22.4. The van der Waals surface area contributed by atoms with Gasteiger partial charge in [-0.3, -0.25) is 9.59 Å². The minimum absolute atomic E-state index is 0.0156. The van der Waals surface area contributed by atoms with Crippen LogP contribution in [0, 0.1) is 23.7 Å². The van der Waals surface area contributed by atoms with Crippen LogP contribution in [0.1, 0.15) is 59.3 Å². The summed E-state index contributed by atoms with van der Waals surface area (Å²) < 4.78 is 5.84. The highest BCUT2D eigenvalue weighted by Crippen LogP contribution is 2.44. The summed E-state index contributed by atoms with van der Waals surface area (Å²) in [6.07, 6.45) is 4.64. The molecule has 0 aliphatic heterocycles. The minimum atomic E-state index is -1.10. The van der Waals surface area contributed by atoms with E-state index in [0.717, 1.165) is 5.57 Å². The van der Waals surface area contributed by atoms with Gasteiger partial charge in [0, 0.05) is 12.3 Å². The molecule has 0 aromatic heterocycles. The Hall–Kier alpha value is -1.70. The summed E-state index contributed by atoms with van der Waals surface area (Å²) in [6.45, 7) is 5.85. The molecule has 8 atom stereocenters. The van der Waals surface area contributed by atoms with E-state index in [4.69, 9.17) is 9.84 Å². The molecule has 0 saturated heterocycles. The summed E-state index contributed by atoms with van der Waals surface area (Å²) >= 11 is 0. The molecule has 170 valence electrons. The van der Waals surface area contributed by atoms with Crippen LogP contribution in [0.5, 0.6) is 0 Å². The van der Waals surface area contributed by atoms with E-state index < -0.39 is 30.4 Å². The van der Waals surface area contributed by atoms with Gasteiger partial charge in [-0.25, -0.2) is 0 Å². The van der Waals surface area contributed by atoms with Crippen LogP contribution in [0.4, 0.5) is 0 Å². The van der Waals surface area contributed by atoms with Gasteiger partial charge < -0.3 is 25.2 Å². The third kappa shape index (κ3) is 6.65. The molecule has 0 aromatic rings. The number of aliphatic hydroxyl groups excluding tert-OH is 3. The van der Waals surface area contributed by atoms with Crippen LogP contribution in [0.3, 0.4) is 0 Å². The second-order valence-corrected chi connectivity index (χ2v) is 8.88. The number of hydrogen-bond acceptors (Lipinski definition) is 6. The van der Waals surface area contributed by atoms with Crippen molar-refractivity contribution in [1.29, 1.82) is 0 Å². The fraction of sp³-hybridized carbons (Fsp3) is 0.739. The molecule has 0 bridgehead atoms. The molecule has 7 heteroatoms. The van der Waals surface area contributed by atoms with E-state index in [-0.39, 0.29) is 42.5 Å². The lowest BCUT2D eigenvalue weighted by Gasteiger charge is -2.43. The Balaban J connectivity index is 2.09. The first-order valence-corrected chi connectivity index (χ1v) is 11.0. The molecular formula is C23H36O7. The first kappa shape index (κ1) is 24.6. The van der Waals surface area contributed by atoms with Gasteiger partial charge in [0.25, 0.3) is 0 Å². The molecule has 0 heterocycles. The van der Waals surface area contributed by atoms with Crippen molar-refractivity contribution in [3.05, 3.63) is 23.8 Å². The number of carbonyl (C=O) groups excluding carboxylic acids is 1. The van der Waals surface area contributed by atoms with E-state index in [1.54, 1.807) is 0 Å². The monoisotopic (exact) mass is 424 g/mol. The third-order valence-electron chi connectivity index (χ3n) is 6.44. The van der Waals surface area contributed by atoms with Crippen molar-refractivity contribution >= 4 is 11.9 Å². The lowest BCUT2D eigenvalue weighted by molar-refractivity contribution is -0.159. The molecule has 0 spiro atoms. The predicted molar refractivity (Wildman–Crippen MR) is 111 cm³/mol. The van der Waals surface area contributed by atoms with Gasteiger partial charge in [-0.2, -0.15) is 0 Å². The summed E-state index contributed by atoms with van der Waals surface area (Å²) in [5.74, 6) is -1.31. The number of ether oxygens (including phenoxy) is 1. The molecular weight excluding hydrogens is 388 g/mol. The quantitative estimate of drug-likeness (QED) is 0.397. The number of rotatable bonds is 10. The second kappa shape index (κ2) is 11.1. The Bertz CT molecular complexity index is 656. The summed E-state index contributed by atoms with van der Waals surface area (Å²) in [5.41, 5.74) is 0.958. The molecule has 4 N–H and O–H groups in total. The number of allylic oxidation sites excluding steroid dienone is 2. The maximum absolute atomic E-state index is 12.4. The summed E-state index contributed by atoms with van der Waals surface area (Å²) in [6, 6.07) is 0. The molecule has 0 radical (unpaired) electrons. The Labute approximate surface area is 178 Å². The van der Waals surface area contributed by atoms with Crippen molar-refractivity contribution in [2.75, 3.05) is 0 Å². The number of fused-ring (bicyclic) bond motifs is 1. The van der Waals surface area contributed by atoms with Crippen LogP contribution < -0.4 is 0 Å². The lowest BCUT2D eigenvalue weighted by Crippen LogP contribution is -2.43. The topological polar surface area (TPSA) is 124 Å². The highest BCUT2D eigenvalue weighted by molar-refractivity contribution is 5.72. The molecule has 0 fully saturated rings. The number of aliphatic hydroxyl groups is 3. The fourth-order valence-electron chi connectivity index (χ4n) is 4.52. The Morgan fingerprint density at radius 3 is 2.60 bits per heavy atom. The number of carboxylic acids is 1. The molecule has 30 heavy (non-hydrogen) atoms. The van der Waals surface area contributed by atoms with Crippen molar-refractivity contribution in [1.82, 2.24) is 0 Å². The maximum atomic E-state index is 12.4. The molecule has 2 rings (SSSR count). The van der Waals surface area contributed by atoms with Gasteiger partial charge >= 0.3 is 11.9 Å². The van der Waals surface area contributed by atoms with E-state index in [9.17, 15) is 24.9 Å². The van der Waals surface area contributed by atoms with Crippen molar-refractivity contribution in [3.63, 3.8) is 0 Å². The average molecular weight is 425 g/mol. The average Bonchev–Trinajstić information content (AvgIpc) is 2.65. The number of carboxylic acid groups (broad SMARTS) is 1. The van der Waals surface area contributed by atoms with E-state index in [0.29, 0.717) is 25.7 Å². The Kier molecular flexibility index (Phi) is 9.07. The first-order chi connectivity index (χ1) is 14.1. The van der Waals surface area contributed by atoms with Crippen LogP contribution in [0.2, 0.25) is 0 Å². The predicted octanol–water partition coefficient (Wildman–Crippen LogP) is 2.44. The van der Waals surface area contributed by atoms with Gasteiger partial charge in [-0.15, -0.1) is 0 Å². The van der Waals surface area contributed by atoms with Crippen LogP contribution in [0.25, 0.3) is 0 Å². The van der Waals surface area contributed by atoms with Crippen LogP contribution >= 0.6 is 0 Å². The molecule has 2 aliphatic carbocycles. The molecule has 1 unspecified atom stereocenters. The maximum Gasteiger partial charge on any atom is 0.308 e. The van der Waals surface area contributed by atoms with E-state index in [1.165, 1.54) is 0 Å². The normalized spacial score (nSPS) is 31.3. The largest absolute Gasteiger partial charge is 0.481 e. The number of hydrogen-bond donors (Lipinski definition) is 4. The number of aliphatic carboxylic acids is 1. The fourth-order valence-corrected chi connectivity index (χ4v) is 4.52. The molecule has 7 nitrogen and oxygen atoms in total. The number of carbonyl (C=O) groups is 2. The van der Waals surface area contributed by atoms with E-state index in [1.807, 2.05) is 26.0 Å². The van der Waals surface area contributed by atoms with Crippen molar-refractivity contribution in [3.8, 4) is 0 Å². The van der Waals surface area contributed by atoms with Crippen LogP contribution in [-0.2, 0) is 14.3 Å². The molecule has 0 aromatic carbocycles. The summed E-state index contributed by atoms with van der Waals surface area (Å²) in [4.78, 5) is 23.1. The second-order valence-electron chi connectivity index (χ2n) is 8.88. The SMILES string of the molecule is CCC(C)C(=O)O[C@H]1C[C@@H](O)C=C2C=C[C@H](C)[C@H](CC[C@@H](O)C[C@@H](O)CC(=O)O)[C@H]21. The van der Waals surface area contributed by atoms with Crippen LogP contribution in [-0.4, -0.2) is 56.8 Å². The van der Waals surface area contributed by atoms with Gasteiger partial charge in [0.1, 0.15) is 6.10 Å². The highest BCUT2D eigenvalue weighted by atomic mass is 16.5. The molecule has 0 amide bonds. The lowest BCUT2D eigenvalue weighted by atomic mass is 9.66. The van der Waals surface area contributed by atoms with Crippen molar-refractivity contribution in [2.45, 2.75) is 83.7 Å². The minimum Gasteiger partial charge on any atom is -0.481 e. The third-order valence-corrected chi connectivity index (χ3v) is 6.44.